The third-order valence-electron chi connectivity index (χ3n) is 3.65. The zero-order chi connectivity index (χ0) is 17.6. The molecule has 2 aromatic carbocycles. The van der Waals surface area contributed by atoms with Gasteiger partial charge >= 0.3 is 5.63 Å². The van der Waals surface area contributed by atoms with Gasteiger partial charge in [0.05, 0.1) is 5.69 Å². The number of amides is 1. The molecule has 3 aromatic rings. The van der Waals surface area contributed by atoms with Crippen molar-refractivity contribution in [1.29, 1.82) is 0 Å². The smallest absolute Gasteiger partial charge is 0.351 e. The molecule has 0 radical (unpaired) electrons. The van der Waals surface area contributed by atoms with Gasteiger partial charge in [-0.15, -0.1) is 0 Å². The Morgan fingerprint density at radius 2 is 1.64 bits per heavy atom. The fraction of sp³-hybridized carbons (Fsp3) is 0.0526. The molecule has 0 fully saturated rings. The van der Waals surface area contributed by atoms with Crippen LogP contribution in [0.3, 0.4) is 0 Å². The summed E-state index contributed by atoms with van der Waals surface area (Å²) in [5, 5.41) is 12.0. The van der Waals surface area contributed by atoms with Gasteiger partial charge in [-0.1, -0.05) is 60.7 Å². The quantitative estimate of drug-likeness (QED) is 0.623. The molecule has 3 rings (SSSR count). The third-order valence-corrected chi connectivity index (χ3v) is 3.65. The van der Waals surface area contributed by atoms with Crippen molar-refractivity contribution in [1.82, 2.24) is 5.32 Å². The Hall–Kier alpha value is -3.38. The van der Waals surface area contributed by atoms with Gasteiger partial charge in [0.25, 0.3) is 5.91 Å². The van der Waals surface area contributed by atoms with E-state index in [-0.39, 0.29) is 23.6 Å². The molecule has 0 aliphatic rings. The van der Waals surface area contributed by atoms with Gasteiger partial charge < -0.3 is 9.73 Å². The fourth-order valence-corrected chi connectivity index (χ4v) is 2.41. The minimum Gasteiger partial charge on any atom is -0.422 e. The summed E-state index contributed by atoms with van der Waals surface area (Å²) in [6, 6.07) is 19.6. The van der Waals surface area contributed by atoms with Crippen LogP contribution < -0.4 is 16.4 Å². The molecule has 126 valence electrons. The number of carbonyl (C=O) groups excluding carboxylic acids is 1. The average molecular weight is 336 g/mol. The van der Waals surface area contributed by atoms with Crippen molar-refractivity contribution in [2.24, 2.45) is 0 Å². The van der Waals surface area contributed by atoms with Gasteiger partial charge in [0, 0.05) is 18.2 Å². The van der Waals surface area contributed by atoms with E-state index in [4.69, 9.17) is 4.42 Å². The van der Waals surface area contributed by atoms with Crippen molar-refractivity contribution in [2.45, 2.75) is 6.54 Å². The molecular weight excluding hydrogens is 320 g/mol. The number of carbonyl (C=O) groups is 1. The number of nitrogens with one attached hydrogen (secondary N) is 2. The molecule has 25 heavy (non-hydrogen) atoms. The highest BCUT2D eigenvalue weighted by Crippen LogP contribution is 2.22. The van der Waals surface area contributed by atoms with Crippen molar-refractivity contribution in [3.05, 3.63) is 88.3 Å². The number of rotatable bonds is 5. The molecule has 0 unspecified atom stereocenters. The van der Waals surface area contributed by atoms with Crippen LogP contribution in [0.1, 0.15) is 15.9 Å². The van der Waals surface area contributed by atoms with E-state index in [9.17, 15) is 14.8 Å². The lowest BCUT2D eigenvalue weighted by Gasteiger charge is -2.10. The molecule has 1 heterocycles. The number of anilines is 1. The number of hydrogen-bond donors (Lipinski definition) is 3. The highest BCUT2D eigenvalue weighted by atomic mass is 16.5. The molecule has 0 aliphatic heterocycles. The van der Waals surface area contributed by atoms with Gasteiger partial charge in [-0.05, 0) is 5.56 Å². The van der Waals surface area contributed by atoms with Crippen LogP contribution in [0.4, 0.5) is 5.69 Å². The summed E-state index contributed by atoms with van der Waals surface area (Å²) in [5.41, 5.74) is 2.33. The molecule has 3 N–H and O–H groups in total. The largest absolute Gasteiger partial charge is 0.422 e. The van der Waals surface area contributed by atoms with Gasteiger partial charge in [-0.3, -0.25) is 15.5 Å². The molecule has 6 nitrogen and oxygen atoms in total. The van der Waals surface area contributed by atoms with Crippen molar-refractivity contribution < 1.29 is 14.4 Å². The Labute approximate surface area is 143 Å². The van der Waals surface area contributed by atoms with E-state index in [0.717, 1.165) is 5.56 Å². The minimum atomic E-state index is -0.830. The molecule has 0 saturated heterocycles. The highest BCUT2D eigenvalue weighted by molar-refractivity contribution is 5.99. The van der Waals surface area contributed by atoms with Crippen molar-refractivity contribution in [3.63, 3.8) is 0 Å². The average Bonchev–Trinajstić information content (AvgIpc) is 2.67. The Balaban J connectivity index is 1.88. The van der Waals surface area contributed by atoms with Gasteiger partial charge in [0.2, 0.25) is 0 Å². The Kier molecular flexibility index (Phi) is 4.92. The normalized spacial score (nSPS) is 10.3. The number of hydrogen-bond acceptors (Lipinski definition) is 5. The van der Waals surface area contributed by atoms with Crippen LogP contribution in [0, 0.1) is 0 Å². The summed E-state index contributed by atoms with van der Waals surface area (Å²) in [5.74, 6) is -0.379. The summed E-state index contributed by atoms with van der Waals surface area (Å²) in [6.45, 7) is 0.254. The van der Waals surface area contributed by atoms with E-state index < -0.39 is 11.5 Å². The van der Waals surface area contributed by atoms with Gasteiger partial charge in [0.15, 0.2) is 5.56 Å². The molecule has 0 aliphatic carbocycles. The van der Waals surface area contributed by atoms with Gasteiger partial charge in [-0.25, -0.2) is 4.79 Å². The zero-order valence-corrected chi connectivity index (χ0v) is 13.2. The van der Waals surface area contributed by atoms with Gasteiger partial charge in [0.1, 0.15) is 5.76 Å². The standard InChI is InChI=1S/C19H16N2O4/c22-18(20-12-13-7-3-1-4-8-13)17-15(21-24)11-16(25-19(17)23)14-9-5-2-6-10-14/h1-11,21,24H,12H2,(H,20,22). The van der Waals surface area contributed by atoms with Crippen LogP contribution in [0.5, 0.6) is 0 Å². The Morgan fingerprint density at radius 1 is 1.00 bits per heavy atom. The molecular formula is C19H16N2O4. The summed E-state index contributed by atoms with van der Waals surface area (Å²) in [7, 11) is 0. The van der Waals surface area contributed by atoms with E-state index in [0.29, 0.717) is 5.56 Å². The summed E-state index contributed by atoms with van der Waals surface area (Å²) >= 11 is 0. The molecule has 0 bridgehead atoms. The second-order valence-electron chi connectivity index (χ2n) is 5.33. The zero-order valence-electron chi connectivity index (χ0n) is 13.2. The lowest BCUT2D eigenvalue weighted by Crippen LogP contribution is -2.29. The van der Waals surface area contributed by atoms with Gasteiger partial charge in [-0.2, -0.15) is 0 Å². The SMILES string of the molecule is O=C(NCc1ccccc1)c1c(NO)cc(-c2ccccc2)oc1=O. The number of benzene rings is 2. The van der Waals surface area contributed by atoms with E-state index in [1.165, 1.54) is 6.07 Å². The fourth-order valence-electron chi connectivity index (χ4n) is 2.41. The first kappa shape index (κ1) is 16.5. The second-order valence-corrected chi connectivity index (χ2v) is 5.33. The van der Waals surface area contributed by atoms with E-state index >= 15 is 0 Å². The highest BCUT2D eigenvalue weighted by Gasteiger charge is 2.19. The van der Waals surface area contributed by atoms with Crippen LogP contribution in [-0.2, 0) is 6.54 Å². The van der Waals surface area contributed by atoms with Crippen LogP contribution in [0.2, 0.25) is 0 Å². The molecule has 1 aromatic heterocycles. The maximum Gasteiger partial charge on any atom is 0.351 e. The third kappa shape index (κ3) is 3.76. The first-order chi connectivity index (χ1) is 12.2. The Morgan fingerprint density at radius 3 is 2.28 bits per heavy atom. The molecule has 0 atom stereocenters. The summed E-state index contributed by atoms with van der Waals surface area (Å²) < 4.78 is 5.24. The minimum absolute atomic E-state index is 0.0133. The second kappa shape index (κ2) is 7.46. The lowest BCUT2D eigenvalue weighted by molar-refractivity contribution is 0.0947. The Bertz CT molecular complexity index is 921. The molecule has 0 spiro atoms. The molecule has 6 heteroatoms. The van der Waals surface area contributed by atoms with Crippen molar-refractivity contribution >= 4 is 11.6 Å². The monoisotopic (exact) mass is 336 g/mol. The predicted molar refractivity (Wildman–Crippen MR) is 93.4 cm³/mol. The maximum absolute atomic E-state index is 12.3. The maximum atomic E-state index is 12.3. The molecule has 1 amide bonds. The first-order valence-corrected chi connectivity index (χ1v) is 7.65. The molecule has 0 saturated carbocycles. The van der Waals surface area contributed by atoms with E-state index in [1.807, 2.05) is 41.9 Å². The lowest BCUT2D eigenvalue weighted by atomic mass is 10.1. The summed E-state index contributed by atoms with van der Waals surface area (Å²) in [6.07, 6.45) is 0. The van der Waals surface area contributed by atoms with Crippen LogP contribution in [0.25, 0.3) is 11.3 Å². The summed E-state index contributed by atoms with van der Waals surface area (Å²) in [4.78, 5) is 24.6. The predicted octanol–water partition coefficient (Wildman–Crippen LogP) is 3.04. The first-order valence-electron chi connectivity index (χ1n) is 7.65. The van der Waals surface area contributed by atoms with Crippen LogP contribution in [-0.4, -0.2) is 11.1 Å². The van der Waals surface area contributed by atoms with Crippen LogP contribution in [0.15, 0.2) is 75.9 Å². The van der Waals surface area contributed by atoms with Crippen molar-refractivity contribution in [3.8, 4) is 11.3 Å². The topological polar surface area (TPSA) is 91.6 Å². The van der Waals surface area contributed by atoms with E-state index in [2.05, 4.69) is 5.32 Å². The van der Waals surface area contributed by atoms with E-state index in [1.54, 1.807) is 24.3 Å². The van der Waals surface area contributed by atoms with Crippen molar-refractivity contribution in [2.75, 3.05) is 5.48 Å². The van der Waals surface area contributed by atoms with Crippen LogP contribution >= 0.6 is 0 Å².